The number of nitrogens with one attached hydrogen (secondary N) is 13. The van der Waals surface area contributed by atoms with E-state index in [0.29, 0.717) is 38.6 Å². The zero-order valence-corrected chi connectivity index (χ0v) is 67.4. The Balaban J connectivity index is 6.80. The molecule has 0 radical (unpaired) electrons. The topological polar surface area (TPSA) is 628 Å². The van der Waals surface area contributed by atoms with Gasteiger partial charge in [-0.1, -0.05) is 117 Å². The molecule has 0 spiro atoms. The lowest BCUT2D eigenvalue weighted by Crippen LogP contribution is -2.61. The SMILES string of the molecule is CC(C)C[C@H](NC(=O)[C@H](CCCN=C(N)N)NC(=O)CNC(=O)[C@H](CC(C)C)NC(=O)[C@@H](NC(=O)[C@@H](CCCCN)NC(=O)[C@@H](NC(=O)[C@H](CC(C)C)NC(=O)[C@H](CCCN=C(N)N)NC(=O)CNC(=O)[C@H](CC(C)C)NC(=O)[C@@H](NC(=O)[C@@H](N)CCCCN)C(C)C)C(C)C)C(C)C)C(=O)N[C@H](C(N)=O)C(C)C. The van der Waals surface area contributed by atoms with Crippen molar-refractivity contribution in [1.82, 2.24) is 69.1 Å². The van der Waals surface area contributed by atoms with Crippen LogP contribution in [0, 0.1) is 47.3 Å². The quantitative estimate of drug-likeness (QED) is 0.0160. The highest BCUT2D eigenvalue weighted by Crippen LogP contribution is 2.16. The first-order chi connectivity index (χ1) is 50.9. The van der Waals surface area contributed by atoms with E-state index in [1.165, 1.54) is 0 Å². The summed E-state index contributed by atoms with van der Waals surface area (Å²) >= 11 is 0. The molecule has 0 aromatic carbocycles. The van der Waals surface area contributed by atoms with E-state index in [4.69, 9.17) is 45.9 Å². The Hall–Kier alpha value is -9.00. The Bertz CT molecular complexity index is 2970. The van der Waals surface area contributed by atoms with Gasteiger partial charge in [0.15, 0.2) is 11.9 Å². The Kier molecular flexibility index (Phi) is 48.6. The van der Waals surface area contributed by atoms with Gasteiger partial charge in [-0.3, -0.25) is 77.1 Å². The molecule has 0 saturated carbocycles. The van der Waals surface area contributed by atoms with Crippen LogP contribution in [0.25, 0.3) is 0 Å². The average Bonchev–Trinajstić information content (AvgIpc) is 0.860. The van der Waals surface area contributed by atoms with Crippen molar-refractivity contribution in [2.24, 2.45) is 103 Å². The van der Waals surface area contributed by atoms with E-state index >= 15 is 0 Å². The van der Waals surface area contributed by atoms with Crippen LogP contribution in [0.2, 0.25) is 0 Å². The van der Waals surface area contributed by atoms with Gasteiger partial charge in [-0.15, -0.1) is 0 Å². The molecule has 37 nitrogen and oxygen atoms in total. The minimum Gasteiger partial charge on any atom is -0.370 e. The number of amides is 14. The second-order valence-corrected chi connectivity index (χ2v) is 30.9. The number of rotatable bonds is 55. The number of carbonyl (C=O) groups excluding carboxylic acids is 14. The Morgan fingerprint density at radius 2 is 0.541 bits per heavy atom. The monoisotopic (exact) mass is 1550 g/mol. The van der Waals surface area contributed by atoms with Crippen LogP contribution in [0.4, 0.5) is 0 Å². The number of guanidine groups is 2. The van der Waals surface area contributed by atoms with Crippen molar-refractivity contribution in [3.05, 3.63) is 0 Å². The zero-order valence-electron chi connectivity index (χ0n) is 67.4. The van der Waals surface area contributed by atoms with Gasteiger partial charge in [0.05, 0.1) is 19.1 Å². The number of primary amides is 1. The largest absolute Gasteiger partial charge is 0.370 e. The fourth-order valence-corrected chi connectivity index (χ4v) is 11.4. The van der Waals surface area contributed by atoms with Crippen molar-refractivity contribution in [3.8, 4) is 0 Å². The number of hydrogen-bond donors (Lipinski definition) is 21. The maximum Gasteiger partial charge on any atom is 0.243 e. The van der Waals surface area contributed by atoms with Crippen LogP contribution in [0.15, 0.2) is 9.98 Å². The number of aliphatic imine (C=N–C) groups is 2. The summed E-state index contributed by atoms with van der Waals surface area (Å²) in [5, 5.41) is 34.7. The van der Waals surface area contributed by atoms with Gasteiger partial charge >= 0.3 is 0 Å². The van der Waals surface area contributed by atoms with Gasteiger partial charge in [0, 0.05) is 13.1 Å². The molecule has 0 aliphatic rings. The highest BCUT2D eigenvalue weighted by Gasteiger charge is 2.38. The lowest BCUT2D eigenvalue weighted by Gasteiger charge is -2.30. The van der Waals surface area contributed by atoms with E-state index in [1.54, 1.807) is 83.1 Å². The van der Waals surface area contributed by atoms with Crippen LogP contribution in [-0.2, 0) is 67.1 Å². The van der Waals surface area contributed by atoms with Crippen LogP contribution in [-0.4, -0.2) is 206 Å². The molecule has 12 atom stereocenters. The summed E-state index contributed by atoms with van der Waals surface area (Å²) in [7, 11) is 0. The molecule has 37 heteroatoms. The van der Waals surface area contributed by atoms with E-state index in [2.05, 4.69) is 79.1 Å². The van der Waals surface area contributed by atoms with Crippen LogP contribution in [0.3, 0.4) is 0 Å². The molecule has 29 N–H and O–H groups in total. The fraction of sp³-hybridized carbons (Fsp3) is 0.778. The highest BCUT2D eigenvalue weighted by atomic mass is 16.2. The first kappa shape index (κ1) is 100. The van der Waals surface area contributed by atoms with Crippen LogP contribution >= 0.6 is 0 Å². The van der Waals surface area contributed by atoms with E-state index in [9.17, 15) is 67.1 Å². The standard InChI is InChI=1S/C72H137N23O14/c1-37(2)31-49(90-69(108)56(42(11)12)93-60(99)45(75)23-17-19-27-73)61(100)83-35-54(97)86-47(26-22-30-82-72(79)80)64(103)89-52(34-40(7)8)67(106)95-57(43(13)14)68(107)87-48(24-18-20-28-74)65(104)94-58(44(15)16)70(109)91-50(32-38(3)4)62(101)84-36-53(96)85-46(25-21-29-81-71(77)78)63(102)88-51(33-39(5)6)66(105)92-55(41(9)10)59(76)98/h37-52,55-58H,17-36,73-75H2,1-16H3,(H2,76,98)(H,83,100)(H,84,101)(H,85,96)(H,86,97)(H,87,107)(H,88,102)(H,89,103)(H,90,108)(H,91,109)(H,92,105)(H,93,99)(H,94,104)(H,95,106)(H4,77,78,81)(H4,79,80,82)/t45-,46-,47-,48+,49-,50-,51-,52-,55-,56-,57-,58-/m0/s1. The molecule has 0 aromatic rings. The van der Waals surface area contributed by atoms with Crippen molar-refractivity contribution in [1.29, 1.82) is 0 Å². The molecule has 0 heterocycles. The number of unbranched alkanes of at least 4 members (excludes halogenated alkanes) is 2. The third-order valence-corrected chi connectivity index (χ3v) is 17.3. The molecule has 0 rings (SSSR count). The lowest BCUT2D eigenvalue weighted by molar-refractivity contribution is -0.136. The van der Waals surface area contributed by atoms with Crippen LogP contribution in [0.1, 0.15) is 201 Å². The molecule has 0 fully saturated rings. The number of carbonyl (C=O) groups is 14. The third kappa shape index (κ3) is 42.0. The van der Waals surface area contributed by atoms with Crippen LogP contribution < -0.4 is 115 Å². The van der Waals surface area contributed by atoms with Crippen molar-refractivity contribution in [3.63, 3.8) is 0 Å². The molecule has 0 unspecified atom stereocenters. The summed E-state index contributed by atoms with van der Waals surface area (Å²) in [5.41, 5.74) is 45.2. The molecule has 14 amide bonds. The lowest BCUT2D eigenvalue weighted by atomic mass is 9.98. The average molecular weight is 1550 g/mol. The smallest absolute Gasteiger partial charge is 0.243 e. The fourth-order valence-electron chi connectivity index (χ4n) is 11.4. The molecule has 0 aliphatic carbocycles. The van der Waals surface area contributed by atoms with E-state index < -0.39 is 186 Å². The van der Waals surface area contributed by atoms with Gasteiger partial charge < -0.3 is 115 Å². The first-order valence-corrected chi connectivity index (χ1v) is 38.3. The van der Waals surface area contributed by atoms with E-state index in [1.807, 2.05) is 27.7 Å². The Morgan fingerprint density at radius 1 is 0.284 bits per heavy atom. The normalized spacial score (nSPS) is 14.7. The second kappa shape index (κ2) is 53.0. The van der Waals surface area contributed by atoms with Gasteiger partial charge in [0.2, 0.25) is 82.7 Å². The molecule has 109 heavy (non-hydrogen) atoms. The van der Waals surface area contributed by atoms with Crippen LogP contribution in [0.5, 0.6) is 0 Å². The number of hydrogen-bond acceptors (Lipinski definition) is 19. The highest BCUT2D eigenvalue weighted by molar-refractivity contribution is 5.99. The molecular weight excluding hydrogens is 1410 g/mol. The minimum absolute atomic E-state index is 0.0203. The Labute approximate surface area is 644 Å². The number of nitrogens with zero attached hydrogens (tertiary/aromatic N) is 2. The van der Waals surface area contributed by atoms with Gasteiger partial charge in [-0.25, -0.2) is 0 Å². The summed E-state index contributed by atoms with van der Waals surface area (Å²) in [6, 6.07) is -14.4. The summed E-state index contributed by atoms with van der Waals surface area (Å²) in [4.78, 5) is 202. The summed E-state index contributed by atoms with van der Waals surface area (Å²) < 4.78 is 0. The molecule has 0 bridgehead atoms. The first-order valence-electron chi connectivity index (χ1n) is 38.3. The maximum absolute atomic E-state index is 14.5. The predicted octanol–water partition coefficient (Wildman–Crippen LogP) is -3.46. The van der Waals surface area contributed by atoms with Gasteiger partial charge in [-0.05, 0) is 144 Å². The predicted molar refractivity (Wildman–Crippen MR) is 417 cm³/mol. The summed E-state index contributed by atoms with van der Waals surface area (Å²) in [6.07, 6.45) is 3.06. The van der Waals surface area contributed by atoms with Gasteiger partial charge in [-0.2, -0.15) is 0 Å². The molecule has 0 saturated heterocycles. The van der Waals surface area contributed by atoms with E-state index in [-0.39, 0.29) is 119 Å². The number of nitrogens with two attached hydrogens (primary N) is 8. The Morgan fingerprint density at radius 3 is 0.844 bits per heavy atom. The summed E-state index contributed by atoms with van der Waals surface area (Å²) in [6.45, 7) is 27.3. The van der Waals surface area contributed by atoms with Gasteiger partial charge in [0.25, 0.3) is 0 Å². The zero-order chi connectivity index (χ0) is 83.5. The van der Waals surface area contributed by atoms with Crippen molar-refractivity contribution < 1.29 is 67.1 Å². The van der Waals surface area contributed by atoms with Crippen molar-refractivity contribution >= 4 is 94.6 Å². The molecule has 624 valence electrons. The summed E-state index contributed by atoms with van der Waals surface area (Å²) in [5.74, 6) is -13.7. The third-order valence-electron chi connectivity index (χ3n) is 17.3. The molecule has 0 aromatic heterocycles. The van der Waals surface area contributed by atoms with Crippen molar-refractivity contribution in [2.45, 2.75) is 273 Å². The second-order valence-electron chi connectivity index (χ2n) is 30.9. The minimum atomic E-state index is -1.34. The van der Waals surface area contributed by atoms with Gasteiger partial charge in [0.1, 0.15) is 66.5 Å². The molecule has 0 aliphatic heterocycles. The molecular formula is C72H137N23O14. The van der Waals surface area contributed by atoms with Crippen molar-refractivity contribution in [2.75, 3.05) is 39.3 Å². The van der Waals surface area contributed by atoms with E-state index in [0.717, 1.165) is 0 Å². The maximum atomic E-state index is 14.5.